The van der Waals surface area contributed by atoms with Gasteiger partial charge in [-0.3, -0.25) is 4.90 Å². The molecule has 19 heavy (non-hydrogen) atoms. The van der Waals surface area contributed by atoms with Crippen LogP contribution in [0.15, 0.2) is 0 Å². The molecule has 0 amide bonds. The van der Waals surface area contributed by atoms with E-state index < -0.39 is 0 Å². The third kappa shape index (κ3) is 6.27. The van der Waals surface area contributed by atoms with Gasteiger partial charge in [0.2, 0.25) is 0 Å². The van der Waals surface area contributed by atoms with E-state index in [-0.39, 0.29) is 0 Å². The molecule has 3 atom stereocenters. The first-order chi connectivity index (χ1) is 9.06. The zero-order valence-corrected chi connectivity index (χ0v) is 13.9. The van der Waals surface area contributed by atoms with Crippen molar-refractivity contribution in [3.63, 3.8) is 0 Å². The number of rotatable bonds is 8. The molecule has 1 saturated heterocycles. The van der Waals surface area contributed by atoms with Gasteiger partial charge in [-0.1, -0.05) is 40.5 Å². The summed E-state index contributed by atoms with van der Waals surface area (Å²) < 4.78 is 0. The molecule has 2 heteroatoms. The van der Waals surface area contributed by atoms with E-state index in [1.54, 1.807) is 0 Å². The van der Waals surface area contributed by atoms with Gasteiger partial charge in [-0.25, -0.2) is 0 Å². The van der Waals surface area contributed by atoms with Gasteiger partial charge in [0.15, 0.2) is 0 Å². The van der Waals surface area contributed by atoms with E-state index in [4.69, 9.17) is 0 Å². The number of piperidine rings is 1. The molecule has 0 aromatic heterocycles. The Hall–Kier alpha value is -0.0800. The SMILES string of the molecule is CCCCC1CC(NCC(C)C)CN(C(C)CC)C1. The summed E-state index contributed by atoms with van der Waals surface area (Å²) in [5.74, 6) is 1.67. The normalized spacial score (nSPS) is 26.8. The number of nitrogens with one attached hydrogen (secondary N) is 1. The van der Waals surface area contributed by atoms with Gasteiger partial charge in [0.25, 0.3) is 0 Å². The zero-order chi connectivity index (χ0) is 14.3. The first kappa shape index (κ1) is 17.0. The summed E-state index contributed by atoms with van der Waals surface area (Å²) in [5, 5.41) is 3.79. The Labute approximate surface area is 121 Å². The second-order valence-corrected chi connectivity index (χ2v) is 6.95. The van der Waals surface area contributed by atoms with Crippen LogP contribution in [0, 0.1) is 11.8 Å². The van der Waals surface area contributed by atoms with Crippen molar-refractivity contribution in [2.45, 2.75) is 78.8 Å². The van der Waals surface area contributed by atoms with Gasteiger partial charge in [-0.05, 0) is 44.6 Å². The van der Waals surface area contributed by atoms with Crippen LogP contribution in [-0.2, 0) is 0 Å². The topological polar surface area (TPSA) is 15.3 Å². The van der Waals surface area contributed by atoms with Crippen molar-refractivity contribution >= 4 is 0 Å². The third-order valence-electron chi connectivity index (χ3n) is 4.56. The van der Waals surface area contributed by atoms with Crippen molar-refractivity contribution in [1.29, 1.82) is 0 Å². The molecule has 0 aromatic carbocycles. The predicted molar refractivity (Wildman–Crippen MR) is 85.6 cm³/mol. The number of nitrogens with zero attached hydrogens (tertiary/aromatic N) is 1. The van der Waals surface area contributed by atoms with Crippen molar-refractivity contribution in [1.82, 2.24) is 10.2 Å². The number of unbranched alkanes of at least 4 members (excludes halogenated alkanes) is 1. The zero-order valence-electron chi connectivity index (χ0n) is 13.9. The molecule has 1 N–H and O–H groups in total. The van der Waals surface area contributed by atoms with E-state index in [0.29, 0.717) is 6.04 Å². The highest BCUT2D eigenvalue weighted by Crippen LogP contribution is 2.24. The van der Waals surface area contributed by atoms with E-state index in [0.717, 1.165) is 17.9 Å². The summed E-state index contributed by atoms with van der Waals surface area (Å²) >= 11 is 0. The van der Waals surface area contributed by atoms with Gasteiger partial charge in [-0.2, -0.15) is 0 Å². The Morgan fingerprint density at radius 1 is 1.16 bits per heavy atom. The molecule has 1 aliphatic heterocycles. The average Bonchev–Trinajstić information content (AvgIpc) is 2.41. The Kier molecular flexibility index (Phi) is 8.01. The third-order valence-corrected chi connectivity index (χ3v) is 4.56. The van der Waals surface area contributed by atoms with Crippen molar-refractivity contribution < 1.29 is 0 Å². The molecule has 1 rings (SSSR count). The van der Waals surface area contributed by atoms with E-state index in [9.17, 15) is 0 Å². The summed E-state index contributed by atoms with van der Waals surface area (Å²) in [6.07, 6.45) is 6.82. The Morgan fingerprint density at radius 3 is 2.47 bits per heavy atom. The number of likely N-dealkylation sites (tertiary alicyclic amines) is 1. The molecule has 3 unspecified atom stereocenters. The van der Waals surface area contributed by atoms with E-state index in [1.165, 1.54) is 51.7 Å². The molecule has 0 radical (unpaired) electrons. The summed E-state index contributed by atoms with van der Waals surface area (Å²) in [5.41, 5.74) is 0. The van der Waals surface area contributed by atoms with E-state index in [2.05, 4.69) is 44.8 Å². The van der Waals surface area contributed by atoms with Crippen LogP contribution in [0.25, 0.3) is 0 Å². The maximum Gasteiger partial charge on any atom is 0.0198 e. The summed E-state index contributed by atoms with van der Waals surface area (Å²) in [7, 11) is 0. The van der Waals surface area contributed by atoms with Crippen LogP contribution in [0.3, 0.4) is 0 Å². The lowest BCUT2D eigenvalue weighted by Crippen LogP contribution is -2.52. The van der Waals surface area contributed by atoms with Crippen LogP contribution >= 0.6 is 0 Å². The number of hydrogen-bond donors (Lipinski definition) is 1. The van der Waals surface area contributed by atoms with Gasteiger partial charge < -0.3 is 5.32 Å². The van der Waals surface area contributed by atoms with Crippen molar-refractivity contribution in [2.24, 2.45) is 11.8 Å². The molecule has 1 aliphatic rings. The van der Waals surface area contributed by atoms with Crippen molar-refractivity contribution in [2.75, 3.05) is 19.6 Å². The van der Waals surface area contributed by atoms with Gasteiger partial charge >= 0.3 is 0 Å². The molecule has 1 fully saturated rings. The highest BCUT2D eigenvalue weighted by Gasteiger charge is 2.28. The predicted octanol–water partition coefficient (Wildman–Crippen LogP) is 3.91. The summed E-state index contributed by atoms with van der Waals surface area (Å²) in [4.78, 5) is 2.72. The first-order valence-corrected chi connectivity index (χ1v) is 8.54. The molecular weight excluding hydrogens is 232 g/mol. The van der Waals surface area contributed by atoms with Crippen LogP contribution in [0.2, 0.25) is 0 Å². The Balaban J connectivity index is 2.50. The minimum atomic E-state index is 0.715. The Bertz CT molecular complexity index is 227. The monoisotopic (exact) mass is 268 g/mol. The van der Waals surface area contributed by atoms with Crippen LogP contribution in [0.4, 0.5) is 0 Å². The maximum atomic E-state index is 3.79. The minimum absolute atomic E-state index is 0.715. The number of hydrogen-bond acceptors (Lipinski definition) is 2. The molecule has 0 aromatic rings. The second-order valence-electron chi connectivity index (χ2n) is 6.95. The lowest BCUT2D eigenvalue weighted by molar-refractivity contribution is 0.0964. The Morgan fingerprint density at radius 2 is 1.89 bits per heavy atom. The average molecular weight is 268 g/mol. The summed E-state index contributed by atoms with van der Waals surface area (Å²) in [6.45, 7) is 15.4. The van der Waals surface area contributed by atoms with Gasteiger partial charge in [0, 0.05) is 25.2 Å². The standard InChI is InChI=1S/C17H36N2/c1-6-8-9-16-10-17(18-11-14(3)4)13-19(12-16)15(5)7-2/h14-18H,6-13H2,1-5H3. The molecule has 2 nitrogen and oxygen atoms in total. The second kappa shape index (κ2) is 8.97. The fourth-order valence-corrected chi connectivity index (χ4v) is 3.11. The minimum Gasteiger partial charge on any atom is -0.312 e. The molecule has 0 spiro atoms. The highest BCUT2D eigenvalue weighted by molar-refractivity contribution is 4.85. The van der Waals surface area contributed by atoms with E-state index >= 15 is 0 Å². The fourth-order valence-electron chi connectivity index (χ4n) is 3.11. The van der Waals surface area contributed by atoms with Crippen LogP contribution in [-0.4, -0.2) is 36.6 Å². The first-order valence-electron chi connectivity index (χ1n) is 8.54. The van der Waals surface area contributed by atoms with Gasteiger partial charge in [-0.15, -0.1) is 0 Å². The van der Waals surface area contributed by atoms with Gasteiger partial charge in [0.1, 0.15) is 0 Å². The van der Waals surface area contributed by atoms with Gasteiger partial charge in [0.05, 0.1) is 0 Å². The quantitative estimate of drug-likeness (QED) is 0.718. The largest absolute Gasteiger partial charge is 0.312 e. The maximum absolute atomic E-state index is 3.79. The lowest BCUT2D eigenvalue weighted by atomic mass is 9.88. The molecule has 0 bridgehead atoms. The molecule has 0 saturated carbocycles. The smallest absolute Gasteiger partial charge is 0.0198 e. The fraction of sp³-hybridized carbons (Fsp3) is 1.00. The van der Waals surface area contributed by atoms with E-state index in [1.807, 2.05) is 0 Å². The van der Waals surface area contributed by atoms with Crippen LogP contribution < -0.4 is 5.32 Å². The van der Waals surface area contributed by atoms with Crippen molar-refractivity contribution in [3.8, 4) is 0 Å². The molecule has 0 aliphatic carbocycles. The van der Waals surface area contributed by atoms with Crippen LogP contribution in [0.5, 0.6) is 0 Å². The molecular formula is C17H36N2. The molecule has 114 valence electrons. The lowest BCUT2D eigenvalue weighted by Gasteiger charge is -2.41. The summed E-state index contributed by atoms with van der Waals surface area (Å²) in [6, 6.07) is 1.46. The van der Waals surface area contributed by atoms with Crippen LogP contribution in [0.1, 0.15) is 66.7 Å². The molecule has 1 heterocycles. The van der Waals surface area contributed by atoms with Crippen molar-refractivity contribution in [3.05, 3.63) is 0 Å². The highest BCUT2D eigenvalue weighted by atomic mass is 15.2.